The molecule has 0 radical (unpaired) electrons. The summed E-state index contributed by atoms with van der Waals surface area (Å²) in [5.41, 5.74) is 5.55. The lowest BCUT2D eigenvalue weighted by molar-refractivity contribution is -0.141. The second kappa shape index (κ2) is 13.8. The predicted molar refractivity (Wildman–Crippen MR) is 112 cm³/mol. The number of carbonyl (C=O) groups is 5. The molecule has 4 atom stereocenters. The maximum absolute atomic E-state index is 12.8. The zero-order valence-corrected chi connectivity index (χ0v) is 18.5. The van der Waals surface area contributed by atoms with Gasteiger partial charge in [0.2, 0.25) is 17.7 Å². The van der Waals surface area contributed by atoms with Crippen LogP contribution in [0.25, 0.3) is 0 Å². The van der Waals surface area contributed by atoms with Crippen molar-refractivity contribution in [2.45, 2.75) is 64.2 Å². The molecule has 0 rings (SSSR count). The van der Waals surface area contributed by atoms with E-state index in [-0.39, 0.29) is 18.8 Å². The average molecular weight is 449 g/mol. The molecule has 0 saturated carbocycles. The van der Waals surface area contributed by atoms with Crippen molar-refractivity contribution in [1.82, 2.24) is 16.0 Å². The molecular weight excluding hydrogens is 416 g/mol. The summed E-state index contributed by atoms with van der Waals surface area (Å²) in [6, 6.07) is -4.48. The summed E-state index contributed by atoms with van der Waals surface area (Å²) >= 11 is 1.45. The summed E-state index contributed by atoms with van der Waals surface area (Å²) in [5.74, 6) is -4.00. The predicted octanol–water partition coefficient (Wildman–Crippen LogP) is -0.853. The number of rotatable bonds is 14. The van der Waals surface area contributed by atoms with Crippen LogP contribution in [0.3, 0.4) is 0 Å². The number of nitrogens with one attached hydrogen (secondary N) is 3. The van der Waals surface area contributed by atoms with Crippen LogP contribution in [-0.4, -0.2) is 76.0 Å². The first kappa shape index (κ1) is 27.7. The molecule has 3 amide bonds. The van der Waals surface area contributed by atoms with E-state index in [1.54, 1.807) is 0 Å². The smallest absolute Gasteiger partial charge is 0.325 e. The van der Waals surface area contributed by atoms with E-state index < -0.39 is 60.2 Å². The molecule has 0 aromatic rings. The minimum atomic E-state index is -1.32. The molecule has 0 saturated heterocycles. The fourth-order valence-electron chi connectivity index (χ4n) is 2.42. The van der Waals surface area contributed by atoms with Crippen LogP contribution in [0.5, 0.6) is 0 Å². The SMILES string of the molecule is CSCCC(NC(=O)C(CC(C)C)NC(=O)C(N)CC(=O)O)C(=O)NC(C)C(=O)O. The van der Waals surface area contributed by atoms with Gasteiger partial charge < -0.3 is 31.9 Å². The molecule has 0 spiro atoms. The van der Waals surface area contributed by atoms with Crippen molar-refractivity contribution in [1.29, 1.82) is 0 Å². The summed E-state index contributed by atoms with van der Waals surface area (Å²) in [5, 5.41) is 25.1. The van der Waals surface area contributed by atoms with Gasteiger partial charge in [0, 0.05) is 0 Å². The Labute approximate surface area is 179 Å². The van der Waals surface area contributed by atoms with E-state index in [1.165, 1.54) is 18.7 Å². The average Bonchev–Trinajstić information content (AvgIpc) is 2.62. The highest BCUT2D eigenvalue weighted by molar-refractivity contribution is 7.98. The van der Waals surface area contributed by atoms with Crippen molar-refractivity contribution in [2.24, 2.45) is 11.7 Å². The third-order valence-corrected chi connectivity index (χ3v) is 4.69. The van der Waals surface area contributed by atoms with Crippen molar-refractivity contribution in [3.8, 4) is 0 Å². The molecule has 0 aromatic heterocycles. The Balaban J connectivity index is 5.31. The van der Waals surface area contributed by atoms with Gasteiger partial charge in [-0.3, -0.25) is 24.0 Å². The standard InChI is InChI=1S/C18H32N4O7S/c1-9(2)7-13(22-15(25)11(19)8-14(23)24)17(27)21-12(5-6-30-4)16(26)20-10(3)18(28)29/h9-13H,5-8,19H2,1-4H3,(H,20,26)(H,21,27)(H,22,25)(H,23,24)(H,28,29). The van der Waals surface area contributed by atoms with Crippen LogP contribution in [0.2, 0.25) is 0 Å². The molecule has 7 N–H and O–H groups in total. The van der Waals surface area contributed by atoms with Crippen molar-refractivity contribution in [3.05, 3.63) is 0 Å². The van der Waals surface area contributed by atoms with E-state index in [1.807, 2.05) is 20.1 Å². The molecule has 30 heavy (non-hydrogen) atoms. The Hall–Kier alpha value is -2.34. The molecule has 172 valence electrons. The first-order chi connectivity index (χ1) is 13.9. The highest BCUT2D eigenvalue weighted by Gasteiger charge is 2.30. The van der Waals surface area contributed by atoms with Gasteiger partial charge in [0.15, 0.2) is 0 Å². The van der Waals surface area contributed by atoms with Crippen LogP contribution < -0.4 is 21.7 Å². The lowest BCUT2D eigenvalue weighted by Crippen LogP contribution is -2.57. The van der Waals surface area contributed by atoms with Gasteiger partial charge in [-0.15, -0.1) is 0 Å². The fraction of sp³-hybridized carbons (Fsp3) is 0.722. The molecule has 0 fully saturated rings. The van der Waals surface area contributed by atoms with Gasteiger partial charge in [0.05, 0.1) is 12.5 Å². The molecule has 0 bridgehead atoms. The third-order valence-electron chi connectivity index (χ3n) is 4.04. The molecule has 0 aliphatic heterocycles. The zero-order chi connectivity index (χ0) is 23.4. The van der Waals surface area contributed by atoms with Crippen LogP contribution >= 0.6 is 11.8 Å². The van der Waals surface area contributed by atoms with E-state index in [4.69, 9.17) is 15.9 Å². The van der Waals surface area contributed by atoms with Gasteiger partial charge in [-0.05, 0) is 37.7 Å². The Kier molecular flexibility index (Phi) is 12.7. The first-order valence-electron chi connectivity index (χ1n) is 9.49. The highest BCUT2D eigenvalue weighted by atomic mass is 32.2. The molecular formula is C18H32N4O7S. The maximum atomic E-state index is 12.8. The van der Waals surface area contributed by atoms with Crippen LogP contribution in [0.4, 0.5) is 0 Å². The van der Waals surface area contributed by atoms with E-state index in [0.717, 1.165) is 0 Å². The monoisotopic (exact) mass is 448 g/mol. The van der Waals surface area contributed by atoms with Crippen molar-refractivity contribution >= 4 is 41.4 Å². The summed E-state index contributed by atoms with van der Waals surface area (Å²) in [6.07, 6.45) is 1.72. The quantitative estimate of drug-likeness (QED) is 0.197. The number of carbonyl (C=O) groups excluding carboxylic acids is 3. The molecule has 12 heteroatoms. The summed E-state index contributed by atoms with van der Waals surface area (Å²) < 4.78 is 0. The minimum Gasteiger partial charge on any atom is -0.481 e. The fourth-order valence-corrected chi connectivity index (χ4v) is 2.89. The Morgan fingerprint density at radius 1 is 0.900 bits per heavy atom. The van der Waals surface area contributed by atoms with Gasteiger partial charge in [0.25, 0.3) is 0 Å². The largest absolute Gasteiger partial charge is 0.481 e. The van der Waals surface area contributed by atoms with E-state index in [9.17, 15) is 24.0 Å². The van der Waals surface area contributed by atoms with Gasteiger partial charge in [-0.2, -0.15) is 11.8 Å². The lowest BCUT2D eigenvalue weighted by Gasteiger charge is -2.25. The Morgan fingerprint density at radius 3 is 1.90 bits per heavy atom. The second-order valence-corrected chi connectivity index (χ2v) is 8.29. The number of hydrogen-bond acceptors (Lipinski definition) is 7. The molecule has 0 aromatic carbocycles. The van der Waals surface area contributed by atoms with Crippen LogP contribution in [0.15, 0.2) is 0 Å². The summed E-state index contributed by atoms with van der Waals surface area (Å²) in [6.45, 7) is 4.96. The van der Waals surface area contributed by atoms with Crippen LogP contribution in [0.1, 0.15) is 40.0 Å². The van der Waals surface area contributed by atoms with E-state index in [0.29, 0.717) is 5.75 Å². The molecule has 0 heterocycles. The number of thioether (sulfide) groups is 1. The highest BCUT2D eigenvalue weighted by Crippen LogP contribution is 2.08. The number of aliphatic carboxylic acids is 2. The Bertz CT molecular complexity index is 630. The third kappa shape index (κ3) is 11.0. The summed E-state index contributed by atoms with van der Waals surface area (Å²) in [7, 11) is 0. The van der Waals surface area contributed by atoms with E-state index >= 15 is 0 Å². The van der Waals surface area contributed by atoms with Crippen molar-refractivity contribution in [2.75, 3.05) is 12.0 Å². The topological polar surface area (TPSA) is 188 Å². The molecule has 11 nitrogen and oxygen atoms in total. The van der Waals surface area contributed by atoms with Crippen LogP contribution in [0, 0.1) is 5.92 Å². The number of nitrogens with two attached hydrogens (primary N) is 1. The Morgan fingerprint density at radius 2 is 1.43 bits per heavy atom. The number of carboxylic acids is 2. The van der Waals surface area contributed by atoms with Gasteiger partial charge in [0.1, 0.15) is 18.1 Å². The van der Waals surface area contributed by atoms with Crippen LogP contribution in [-0.2, 0) is 24.0 Å². The second-order valence-electron chi connectivity index (χ2n) is 7.31. The number of amides is 3. The maximum Gasteiger partial charge on any atom is 0.325 e. The zero-order valence-electron chi connectivity index (χ0n) is 17.6. The first-order valence-corrected chi connectivity index (χ1v) is 10.9. The molecule has 0 aliphatic carbocycles. The van der Waals surface area contributed by atoms with Crippen molar-refractivity contribution in [3.63, 3.8) is 0 Å². The number of hydrogen-bond donors (Lipinski definition) is 6. The normalized spacial score (nSPS) is 14.9. The summed E-state index contributed by atoms with van der Waals surface area (Å²) in [4.78, 5) is 59.1. The number of carboxylic acid groups (broad SMARTS) is 2. The van der Waals surface area contributed by atoms with Crippen molar-refractivity contribution < 1.29 is 34.2 Å². The lowest BCUT2D eigenvalue weighted by atomic mass is 10.0. The van der Waals surface area contributed by atoms with Gasteiger partial charge in [-0.1, -0.05) is 13.8 Å². The van der Waals surface area contributed by atoms with Gasteiger partial charge in [-0.25, -0.2) is 0 Å². The minimum absolute atomic E-state index is 0.00209. The molecule has 0 aliphatic rings. The van der Waals surface area contributed by atoms with E-state index in [2.05, 4.69) is 16.0 Å². The van der Waals surface area contributed by atoms with Gasteiger partial charge >= 0.3 is 11.9 Å². The molecule has 4 unspecified atom stereocenters.